The van der Waals surface area contributed by atoms with Crippen LogP contribution in [-0.4, -0.2) is 35.5 Å². The van der Waals surface area contributed by atoms with Gasteiger partial charge in [0.2, 0.25) is 0 Å². The number of benzene rings is 1. The molecule has 1 N–H and O–H groups in total. The van der Waals surface area contributed by atoms with Crippen molar-refractivity contribution in [2.24, 2.45) is 0 Å². The first-order chi connectivity index (χ1) is 9.75. The number of fused-ring (bicyclic) bond motifs is 1. The molecule has 1 aromatic heterocycles. The lowest BCUT2D eigenvalue weighted by molar-refractivity contribution is -0.132. The van der Waals surface area contributed by atoms with E-state index < -0.39 is 0 Å². The van der Waals surface area contributed by atoms with Crippen LogP contribution in [0.15, 0.2) is 35.3 Å². The number of aromatic amines is 1. The first-order valence-electron chi connectivity index (χ1n) is 6.77. The van der Waals surface area contributed by atoms with Gasteiger partial charge in [-0.2, -0.15) is 0 Å². The molecule has 0 atom stereocenters. The highest BCUT2D eigenvalue weighted by Crippen LogP contribution is 2.22. The smallest absolute Gasteiger partial charge is 0.260 e. The zero-order valence-electron chi connectivity index (χ0n) is 11.1. The Morgan fingerprint density at radius 3 is 2.80 bits per heavy atom. The zero-order valence-corrected chi connectivity index (χ0v) is 11.1. The molecule has 1 aromatic carbocycles. The predicted octanol–water partition coefficient (Wildman–Crippen LogP) is 1.53. The van der Waals surface area contributed by atoms with E-state index in [1.54, 1.807) is 30.5 Å². The molecule has 0 spiro atoms. The number of H-pyrrole nitrogens is 1. The molecule has 1 aliphatic heterocycles. The minimum Gasteiger partial charge on any atom is -0.483 e. The number of carbonyl (C=O) groups excluding carboxylic acids is 1. The number of carbonyl (C=O) groups is 1. The average Bonchev–Trinajstić information content (AvgIpc) is 2.99. The number of nitrogens with one attached hydrogen (secondary N) is 1. The minimum absolute atomic E-state index is 0.00402. The number of amides is 1. The number of hydrogen-bond acceptors (Lipinski definition) is 3. The maximum atomic E-state index is 12.0. The highest BCUT2D eigenvalue weighted by molar-refractivity contribution is 5.87. The second-order valence-corrected chi connectivity index (χ2v) is 4.90. The fraction of sp³-hybridized carbons (Fsp3) is 0.333. The summed E-state index contributed by atoms with van der Waals surface area (Å²) in [5.41, 5.74) is -0.154. The van der Waals surface area contributed by atoms with E-state index >= 15 is 0 Å². The summed E-state index contributed by atoms with van der Waals surface area (Å²) in [6.45, 7) is 1.65. The second-order valence-electron chi connectivity index (χ2n) is 4.90. The van der Waals surface area contributed by atoms with Crippen LogP contribution < -0.4 is 10.3 Å². The Morgan fingerprint density at radius 1 is 1.20 bits per heavy atom. The van der Waals surface area contributed by atoms with Crippen LogP contribution in [0, 0.1) is 0 Å². The van der Waals surface area contributed by atoms with Crippen LogP contribution in [0.1, 0.15) is 12.8 Å². The lowest BCUT2D eigenvalue weighted by Crippen LogP contribution is -2.32. The third-order valence-corrected chi connectivity index (χ3v) is 3.59. The van der Waals surface area contributed by atoms with Crippen molar-refractivity contribution in [2.75, 3.05) is 19.7 Å². The largest absolute Gasteiger partial charge is 0.483 e. The van der Waals surface area contributed by atoms with Gasteiger partial charge in [-0.1, -0.05) is 6.07 Å². The Bertz CT molecular complexity index is 687. The molecule has 104 valence electrons. The summed E-state index contributed by atoms with van der Waals surface area (Å²) in [5, 5.41) is 1.30. The summed E-state index contributed by atoms with van der Waals surface area (Å²) in [6.07, 6.45) is 3.71. The van der Waals surface area contributed by atoms with Gasteiger partial charge in [-0.15, -0.1) is 0 Å². The van der Waals surface area contributed by atoms with Crippen LogP contribution >= 0.6 is 0 Å². The monoisotopic (exact) mass is 272 g/mol. The average molecular weight is 272 g/mol. The highest BCUT2D eigenvalue weighted by atomic mass is 16.5. The summed E-state index contributed by atoms with van der Waals surface area (Å²) in [4.78, 5) is 28.1. The number of ether oxygens (including phenoxy) is 1. The lowest BCUT2D eigenvalue weighted by atomic mass is 10.1. The number of pyridine rings is 1. The van der Waals surface area contributed by atoms with Gasteiger partial charge in [0.15, 0.2) is 6.61 Å². The number of hydrogen-bond donors (Lipinski definition) is 1. The van der Waals surface area contributed by atoms with Gasteiger partial charge in [-0.25, -0.2) is 0 Å². The van der Waals surface area contributed by atoms with Gasteiger partial charge in [0.1, 0.15) is 5.75 Å². The molecule has 5 nitrogen and oxygen atoms in total. The topological polar surface area (TPSA) is 62.4 Å². The molecular weight excluding hydrogens is 256 g/mol. The number of likely N-dealkylation sites (tertiary alicyclic amines) is 1. The molecule has 2 heterocycles. The molecule has 0 radical (unpaired) electrons. The molecule has 1 amide bonds. The van der Waals surface area contributed by atoms with Crippen molar-refractivity contribution in [1.82, 2.24) is 9.88 Å². The maximum Gasteiger partial charge on any atom is 0.260 e. The van der Waals surface area contributed by atoms with Gasteiger partial charge in [0.05, 0.1) is 5.39 Å². The van der Waals surface area contributed by atoms with Crippen molar-refractivity contribution in [1.29, 1.82) is 0 Å². The van der Waals surface area contributed by atoms with Crippen LogP contribution in [0.4, 0.5) is 0 Å². The fourth-order valence-corrected chi connectivity index (χ4v) is 2.52. The number of aromatic nitrogens is 1. The normalized spacial score (nSPS) is 14.7. The standard InChI is InChI=1S/C15H16N2O3/c18-14(17-8-1-2-9-17)10-20-13-5-3-4-12-11(13)6-7-16-15(12)19/h3-7H,1-2,8-10H2,(H,16,19). The molecule has 20 heavy (non-hydrogen) atoms. The predicted molar refractivity (Wildman–Crippen MR) is 75.9 cm³/mol. The van der Waals surface area contributed by atoms with Crippen molar-refractivity contribution >= 4 is 16.7 Å². The summed E-state index contributed by atoms with van der Waals surface area (Å²) < 4.78 is 5.60. The summed E-state index contributed by atoms with van der Waals surface area (Å²) in [7, 11) is 0. The quantitative estimate of drug-likeness (QED) is 0.921. The van der Waals surface area contributed by atoms with E-state index in [4.69, 9.17) is 4.74 Å². The second kappa shape index (κ2) is 5.36. The van der Waals surface area contributed by atoms with Gasteiger partial charge in [0, 0.05) is 24.7 Å². The van der Waals surface area contributed by atoms with Crippen molar-refractivity contribution in [3.8, 4) is 5.75 Å². The fourth-order valence-electron chi connectivity index (χ4n) is 2.52. The van der Waals surface area contributed by atoms with Crippen molar-refractivity contribution < 1.29 is 9.53 Å². The highest BCUT2D eigenvalue weighted by Gasteiger charge is 2.18. The summed E-state index contributed by atoms with van der Waals surface area (Å²) in [5.74, 6) is 0.575. The Hall–Kier alpha value is -2.30. The Morgan fingerprint density at radius 2 is 2.00 bits per heavy atom. The number of rotatable bonds is 3. The van der Waals surface area contributed by atoms with E-state index in [0.717, 1.165) is 31.3 Å². The van der Waals surface area contributed by atoms with Crippen LogP contribution in [0.3, 0.4) is 0 Å². The molecule has 0 saturated carbocycles. The molecule has 1 saturated heterocycles. The molecular formula is C15H16N2O3. The molecule has 0 aliphatic carbocycles. The third-order valence-electron chi connectivity index (χ3n) is 3.59. The molecule has 2 aromatic rings. The first-order valence-corrected chi connectivity index (χ1v) is 6.77. The van der Waals surface area contributed by atoms with E-state index in [1.165, 1.54) is 0 Å². The summed E-state index contributed by atoms with van der Waals surface area (Å²) >= 11 is 0. The van der Waals surface area contributed by atoms with Crippen molar-refractivity contribution in [3.05, 3.63) is 40.8 Å². The molecule has 0 bridgehead atoms. The Balaban J connectivity index is 1.79. The SMILES string of the molecule is O=C(COc1cccc2c(=O)[nH]ccc12)N1CCCC1. The van der Waals surface area contributed by atoms with Crippen molar-refractivity contribution in [2.45, 2.75) is 12.8 Å². The van der Waals surface area contributed by atoms with Crippen LogP contribution in [0.25, 0.3) is 10.8 Å². The Kier molecular flexibility index (Phi) is 3.41. The van der Waals surface area contributed by atoms with Gasteiger partial charge < -0.3 is 14.6 Å². The molecule has 0 unspecified atom stereocenters. The van der Waals surface area contributed by atoms with E-state index in [-0.39, 0.29) is 18.1 Å². The third kappa shape index (κ3) is 2.39. The van der Waals surface area contributed by atoms with E-state index in [9.17, 15) is 9.59 Å². The van der Waals surface area contributed by atoms with Crippen molar-refractivity contribution in [3.63, 3.8) is 0 Å². The van der Waals surface area contributed by atoms with Gasteiger partial charge >= 0.3 is 0 Å². The van der Waals surface area contributed by atoms with E-state index in [1.807, 2.05) is 4.90 Å². The zero-order chi connectivity index (χ0) is 13.9. The minimum atomic E-state index is -0.154. The first kappa shape index (κ1) is 12.7. The molecule has 3 rings (SSSR count). The molecule has 1 aliphatic rings. The van der Waals surface area contributed by atoms with Crippen LogP contribution in [-0.2, 0) is 4.79 Å². The maximum absolute atomic E-state index is 12.0. The lowest BCUT2D eigenvalue weighted by Gasteiger charge is -2.16. The van der Waals surface area contributed by atoms with Crippen LogP contribution in [0.5, 0.6) is 5.75 Å². The van der Waals surface area contributed by atoms with Gasteiger partial charge in [-0.05, 0) is 31.0 Å². The van der Waals surface area contributed by atoms with Crippen LogP contribution in [0.2, 0.25) is 0 Å². The molecule has 1 fully saturated rings. The van der Waals surface area contributed by atoms with E-state index in [0.29, 0.717) is 11.1 Å². The Labute approximate surface area is 116 Å². The van der Waals surface area contributed by atoms with Gasteiger partial charge in [0.25, 0.3) is 11.5 Å². The van der Waals surface area contributed by atoms with E-state index in [2.05, 4.69) is 4.98 Å². The summed E-state index contributed by atoms with van der Waals surface area (Å²) in [6, 6.07) is 7.06. The molecule has 5 heteroatoms. The van der Waals surface area contributed by atoms with Gasteiger partial charge in [-0.3, -0.25) is 9.59 Å². The number of nitrogens with zero attached hydrogens (tertiary/aromatic N) is 1.